The number of rotatable bonds is 4. The smallest absolute Gasteiger partial charge is 0.335 e. The highest BCUT2D eigenvalue weighted by Crippen LogP contribution is 2.27. The second-order valence-corrected chi connectivity index (χ2v) is 6.63. The first kappa shape index (κ1) is 17.2. The van der Waals surface area contributed by atoms with E-state index in [1.54, 1.807) is 4.68 Å². The van der Waals surface area contributed by atoms with Crippen molar-refractivity contribution in [1.82, 2.24) is 20.2 Å². The van der Waals surface area contributed by atoms with Crippen molar-refractivity contribution in [3.05, 3.63) is 54.6 Å². The summed E-state index contributed by atoms with van der Waals surface area (Å²) in [5.41, 5.74) is 1.36. The minimum Gasteiger partial charge on any atom is -0.479 e. The van der Waals surface area contributed by atoms with E-state index in [2.05, 4.69) is 27.7 Å². The molecule has 138 valence electrons. The van der Waals surface area contributed by atoms with E-state index < -0.39 is 11.6 Å². The quantitative estimate of drug-likeness (QED) is 0.726. The van der Waals surface area contributed by atoms with E-state index in [1.165, 1.54) is 0 Å². The topological polar surface area (TPSA) is 104 Å². The first-order valence-corrected chi connectivity index (χ1v) is 8.72. The zero-order valence-corrected chi connectivity index (χ0v) is 14.6. The van der Waals surface area contributed by atoms with Gasteiger partial charge in [-0.1, -0.05) is 47.6 Å². The summed E-state index contributed by atoms with van der Waals surface area (Å²) in [6, 6.07) is 18.0. The molecule has 3 aromatic rings. The molecule has 0 amide bonds. The van der Waals surface area contributed by atoms with E-state index in [4.69, 9.17) is 5.11 Å². The van der Waals surface area contributed by atoms with E-state index in [0.29, 0.717) is 19.0 Å². The van der Waals surface area contributed by atoms with Gasteiger partial charge < -0.3 is 15.1 Å². The van der Waals surface area contributed by atoms with Crippen molar-refractivity contribution < 1.29 is 15.0 Å². The van der Waals surface area contributed by atoms with Crippen LogP contribution in [-0.2, 0) is 4.79 Å². The van der Waals surface area contributed by atoms with Crippen molar-refractivity contribution in [3.8, 4) is 16.8 Å². The molecule has 0 unspecified atom stereocenters. The summed E-state index contributed by atoms with van der Waals surface area (Å²) in [7, 11) is 0. The summed E-state index contributed by atoms with van der Waals surface area (Å²) in [4.78, 5) is 13.1. The van der Waals surface area contributed by atoms with Gasteiger partial charge in [-0.3, -0.25) is 0 Å². The number of nitrogens with zero attached hydrogens (tertiary/aromatic N) is 5. The lowest BCUT2D eigenvalue weighted by atomic mass is 9.92. The Hall–Kier alpha value is -3.26. The molecule has 0 saturated carbocycles. The normalized spacial score (nSPS) is 16.3. The molecular formula is C19H19N5O3. The van der Waals surface area contributed by atoms with Gasteiger partial charge in [0.15, 0.2) is 5.60 Å². The number of anilines is 1. The number of piperidine rings is 1. The summed E-state index contributed by atoms with van der Waals surface area (Å²) in [5.74, 6) is -0.645. The van der Waals surface area contributed by atoms with Crippen molar-refractivity contribution in [1.29, 1.82) is 0 Å². The minimum atomic E-state index is -1.67. The number of aliphatic hydroxyl groups is 1. The second-order valence-electron chi connectivity index (χ2n) is 6.63. The number of carboxylic acids is 1. The Bertz CT molecular complexity index is 931. The lowest BCUT2D eigenvalue weighted by Gasteiger charge is -2.35. The van der Waals surface area contributed by atoms with Crippen molar-refractivity contribution in [3.63, 3.8) is 0 Å². The van der Waals surface area contributed by atoms with Gasteiger partial charge in [0, 0.05) is 25.9 Å². The van der Waals surface area contributed by atoms with Crippen molar-refractivity contribution in [2.24, 2.45) is 0 Å². The molecule has 0 atom stereocenters. The molecule has 0 bridgehead atoms. The predicted molar refractivity (Wildman–Crippen MR) is 98.6 cm³/mol. The van der Waals surface area contributed by atoms with Gasteiger partial charge in [-0.2, -0.15) is 4.68 Å². The molecule has 2 heterocycles. The molecule has 1 aliphatic rings. The van der Waals surface area contributed by atoms with Crippen LogP contribution < -0.4 is 4.90 Å². The molecular weight excluding hydrogens is 346 g/mol. The van der Waals surface area contributed by atoms with E-state index in [1.807, 2.05) is 47.4 Å². The highest BCUT2D eigenvalue weighted by Gasteiger charge is 2.40. The van der Waals surface area contributed by atoms with E-state index in [0.717, 1.165) is 16.8 Å². The Morgan fingerprint density at radius 1 is 0.963 bits per heavy atom. The van der Waals surface area contributed by atoms with Crippen LogP contribution in [0.25, 0.3) is 16.8 Å². The van der Waals surface area contributed by atoms with Crippen LogP contribution >= 0.6 is 0 Å². The Morgan fingerprint density at radius 2 is 1.59 bits per heavy atom. The fourth-order valence-corrected chi connectivity index (χ4v) is 3.26. The van der Waals surface area contributed by atoms with Gasteiger partial charge in [-0.15, -0.1) is 0 Å². The van der Waals surface area contributed by atoms with Crippen LogP contribution in [-0.4, -0.2) is 55.1 Å². The third-order valence-electron chi connectivity index (χ3n) is 4.94. The fourth-order valence-electron chi connectivity index (χ4n) is 3.26. The second kappa shape index (κ2) is 6.81. The molecule has 2 N–H and O–H groups in total. The molecule has 1 fully saturated rings. The Kier molecular flexibility index (Phi) is 4.33. The molecule has 8 nitrogen and oxygen atoms in total. The molecule has 27 heavy (non-hydrogen) atoms. The largest absolute Gasteiger partial charge is 0.479 e. The Balaban J connectivity index is 1.55. The van der Waals surface area contributed by atoms with E-state index in [-0.39, 0.29) is 12.8 Å². The van der Waals surface area contributed by atoms with Crippen LogP contribution in [0.2, 0.25) is 0 Å². The molecule has 0 radical (unpaired) electrons. The first-order valence-electron chi connectivity index (χ1n) is 8.72. The van der Waals surface area contributed by atoms with Gasteiger partial charge in [0.25, 0.3) is 0 Å². The molecule has 0 aliphatic carbocycles. The number of hydrogen-bond acceptors (Lipinski definition) is 6. The highest BCUT2D eigenvalue weighted by atomic mass is 16.4. The first-order chi connectivity index (χ1) is 13.1. The number of carboxylic acid groups (broad SMARTS) is 1. The zero-order valence-electron chi connectivity index (χ0n) is 14.6. The van der Waals surface area contributed by atoms with Crippen molar-refractivity contribution in [2.75, 3.05) is 18.0 Å². The maximum atomic E-state index is 11.2. The van der Waals surface area contributed by atoms with E-state index in [9.17, 15) is 9.90 Å². The summed E-state index contributed by atoms with van der Waals surface area (Å²) in [6.45, 7) is 0.733. The van der Waals surface area contributed by atoms with Gasteiger partial charge in [0.1, 0.15) is 0 Å². The molecule has 1 saturated heterocycles. The van der Waals surface area contributed by atoms with Crippen LogP contribution in [0.15, 0.2) is 54.6 Å². The highest BCUT2D eigenvalue weighted by molar-refractivity contribution is 5.77. The van der Waals surface area contributed by atoms with Crippen LogP contribution in [0, 0.1) is 0 Å². The lowest BCUT2D eigenvalue weighted by Crippen LogP contribution is -2.50. The summed E-state index contributed by atoms with van der Waals surface area (Å²) >= 11 is 0. The van der Waals surface area contributed by atoms with Gasteiger partial charge in [-0.25, -0.2) is 4.79 Å². The summed E-state index contributed by atoms with van der Waals surface area (Å²) in [5, 5.41) is 31.2. The van der Waals surface area contributed by atoms with Crippen LogP contribution in [0.1, 0.15) is 12.8 Å². The van der Waals surface area contributed by atoms with Gasteiger partial charge in [0.05, 0.1) is 5.69 Å². The van der Waals surface area contributed by atoms with Crippen LogP contribution in [0.4, 0.5) is 5.95 Å². The van der Waals surface area contributed by atoms with E-state index >= 15 is 0 Å². The monoisotopic (exact) mass is 365 g/mol. The molecule has 0 spiro atoms. The van der Waals surface area contributed by atoms with Crippen molar-refractivity contribution in [2.45, 2.75) is 18.4 Å². The third kappa shape index (κ3) is 3.26. The number of benzene rings is 2. The average molecular weight is 365 g/mol. The average Bonchev–Trinajstić information content (AvgIpc) is 3.19. The van der Waals surface area contributed by atoms with Gasteiger partial charge in [-0.05, 0) is 33.7 Å². The fraction of sp³-hybridized carbons (Fsp3) is 0.263. The summed E-state index contributed by atoms with van der Waals surface area (Å²) < 4.78 is 1.62. The SMILES string of the molecule is O=C(O)C1(O)CCN(c2nnnn2-c2ccc(-c3ccccc3)cc2)CC1. The van der Waals surface area contributed by atoms with Gasteiger partial charge in [0.2, 0.25) is 5.95 Å². The number of aromatic nitrogens is 4. The van der Waals surface area contributed by atoms with Crippen molar-refractivity contribution >= 4 is 11.9 Å². The standard InChI is InChI=1S/C19H19N5O3/c25-17(26)19(27)10-12-23(13-11-19)18-20-21-22-24(18)16-8-6-15(7-9-16)14-4-2-1-3-5-14/h1-9,27H,10-13H2,(H,25,26). The molecule has 1 aliphatic heterocycles. The molecule has 8 heteroatoms. The van der Waals surface area contributed by atoms with Crippen LogP contribution in [0.5, 0.6) is 0 Å². The van der Waals surface area contributed by atoms with Gasteiger partial charge >= 0.3 is 5.97 Å². The number of carbonyl (C=O) groups is 1. The zero-order chi connectivity index (χ0) is 18.9. The van der Waals surface area contributed by atoms with Crippen LogP contribution in [0.3, 0.4) is 0 Å². The molecule has 2 aromatic carbocycles. The Labute approximate surface area is 155 Å². The molecule has 4 rings (SSSR count). The predicted octanol–water partition coefficient (Wildman–Crippen LogP) is 1.75. The number of tetrazole rings is 1. The maximum Gasteiger partial charge on any atom is 0.335 e. The third-order valence-corrected chi connectivity index (χ3v) is 4.94. The minimum absolute atomic E-state index is 0.127. The Morgan fingerprint density at radius 3 is 2.22 bits per heavy atom. The lowest BCUT2D eigenvalue weighted by molar-refractivity contribution is -0.160. The summed E-state index contributed by atoms with van der Waals surface area (Å²) in [6.07, 6.45) is 0.254. The number of aliphatic carboxylic acids is 1. The maximum absolute atomic E-state index is 11.2. The number of hydrogen-bond donors (Lipinski definition) is 2. The molecule has 1 aromatic heterocycles.